The Kier molecular flexibility index (Phi) is 4.00. The Morgan fingerprint density at radius 3 is 2.82 bits per heavy atom. The molecule has 1 aromatic rings. The van der Waals surface area contributed by atoms with E-state index in [0.717, 1.165) is 18.3 Å². The minimum atomic E-state index is 0.504. The average molecular weight is 234 g/mol. The van der Waals surface area contributed by atoms with Crippen molar-refractivity contribution in [1.82, 2.24) is 10.3 Å². The summed E-state index contributed by atoms with van der Waals surface area (Å²) in [5.41, 5.74) is 1.26. The highest BCUT2D eigenvalue weighted by Crippen LogP contribution is 2.26. The molecule has 0 saturated heterocycles. The molecule has 0 aliphatic heterocycles. The van der Waals surface area contributed by atoms with E-state index in [9.17, 15) is 0 Å². The van der Waals surface area contributed by atoms with Crippen LogP contribution < -0.4 is 10.1 Å². The van der Waals surface area contributed by atoms with Crippen molar-refractivity contribution in [1.29, 1.82) is 0 Å². The molecule has 3 nitrogen and oxygen atoms in total. The van der Waals surface area contributed by atoms with Crippen molar-refractivity contribution < 1.29 is 4.74 Å². The number of hydrogen-bond acceptors (Lipinski definition) is 3. The second kappa shape index (κ2) is 5.50. The van der Waals surface area contributed by atoms with E-state index in [4.69, 9.17) is 4.74 Å². The Morgan fingerprint density at radius 2 is 2.18 bits per heavy atom. The number of ether oxygens (including phenoxy) is 1. The second-order valence-electron chi connectivity index (χ2n) is 5.11. The molecule has 1 aliphatic carbocycles. The smallest absolute Gasteiger partial charge is 0.137 e. The van der Waals surface area contributed by atoms with Crippen molar-refractivity contribution in [3.05, 3.63) is 24.0 Å². The zero-order chi connectivity index (χ0) is 12.3. The van der Waals surface area contributed by atoms with E-state index in [1.807, 2.05) is 6.20 Å². The summed E-state index contributed by atoms with van der Waals surface area (Å²) in [7, 11) is 1.68. The van der Waals surface area contributed by atoms with E-state index in [1.54, 1.807) is 13.3 Å². The summed E-state index contributed by atoms with van der Waals surface area (Å²) in [6.07, 6.45) is 6.40. The molecule has 2 rings (SSSR count). The van der Waals surface area contributed by atoms with Crippen LogP contribution in [0.5, 0.6) is 5.75 Å². The summed E-state index contributed by atoms with van der Waals surface area (Å²) in [5, 5.41) is 3.58. The van der Waals surface area contributed by atoms with Crippen molar-refractivity contribution >= 4 is 0 Å². The van der Waals surface area contributed by atoms with Crippen LogP contribution in [0.25, 0.3) is 0 Å². The molecule has 1 saturated carbocycles. The Balaban J connectivity index is 1.93. The summed E-state index contributed by atoms with van der Waals surface area (Å²) >= 11 is 0. The van der Waals surface area contributed by atoms with Crippen LogP contribution in [0.2, 0.25) is 0 Å². The highest BCUT2D eigenvalue weighted by atomic mass is 16.5. The van der Waals surface area contributed by atoms with Gasteiger partial charge in [0.2, 0.25) is 0 Å². The normalized spacial score (nSPS) is 18.8. The van der Waals surface area contributed by atoms with Crippen LogP contribution in [0.15, 0.2) is 18.5 Å². The van der Waals surface area contributed by atoms with Gasteiger partial charge in [0, 0.05) is 12.2 Å². The SMILES string of the molecule is COc1cncc(C(C)C(C)CNC2CC2)c1. The van der Waals surface area contributed by atoms with Gasteiger partial charge in [-0.15, -0.1) is 0 Å². The van der Waals surface area contributed by atoms with E-state index in [0.29, 0.717) is 11.8 Å². The Hall–Kier alpha value is -1.09. The third-order valence-electron chi connectivity index (χ3n) is 3.66. The summed E-state index contributed by atoms with van der Waals surface area (Å²) in [6.45, 7) is 5.64. The van der Waals surface area contributed by atoms with Crippen LogP contribution in [0.1, 0.15) is 38.2 Å². The van der Waals surface area contributed by atoms with Crippen LogP contribution in [0.3, 0.4) is 0 Å². The standard InChI is InChI=1S/C14H22N2O/c1-10(7-16-13-4-5-13)11(2)12-6-14(17-3)9-15-8-12/h6,8-11,13,16H,4-5,7H2,1-3H3. The number of hydrogen-bond donors (Lipinski definition) is 1. The first kappa shape index (κ1) is 12.4. The van der Waals surface area contributed by atoms with Gasteiger partial charge in [0.25, 0.3) is 0 Å². The molecule has 1 heterocycles. The van der Waals surface area contributed by atoms with Gasteiger partial charge >= 0.3 is 0 Å². The maximum absolute atomic E-state index is 5.21. The summed E-state index contributed by atoms with van der Waals surface area (Å²) in [6, 6.07) is 2.87. The van der Waals surface area contributed by atoms with Gasteiger partial charge in [-0.3, -0.25) is 4.98 Å². The van der Waals surface area contributed by atoms with Crippen molar-refractivity contribution in [2.75, 3.05) is 13.7 Å². The summed E-state index contributed by atoms with van der Waals surface area (Å²) < 4.78 is 5.21. The summed E-state index contributed by atoms with van der Waals surface area (Å²) in [4.78, 5) is 4.22. The molecule has 1 fully saturated rings. The lowest BCUT2D eigenvalue weighted by Crippen LogP contribution is -2.26. The predicted molar refractivity (Wildman–Crippen MR) is 69.4 cm³/mol. The van der Waals surface area contributed by atoms with Gasteiger partial charge < -0.3 is 10.1 Å². The zero-order valence-corrected chi connectivity index (χ0v) is 10.9. The molecule has 0 spiro atoms. The van der Waals surface area contributed by atoms with Crippen LogP contribution in [0, 0.1) is 5.92 Å². The van der Waals surface area contributed by atoms with E-state index in [-0.39, 0.29) is 0 Å². The van der Waals surface area contributed by atoms with Crippen LogP contribution >= 0.6 is 0 Å². The minimum absolute atomic E-state index is 0.504. The first-order valence-corrected chi connectivity index (χ1v) is 6.43. The van der Waals surface area contributed by atoms with Crippen LogP contribution in [-0.4, -0.2) is 24.7 Å². The van der Waals surface area contributed by atoms with Gasteiger partial charge in [0.15, 0.2) is 0 Å². The van der Waals surface area contributed by atoms with Gasteiger partial charge in [0.05, 0.1) is 13.3 Å². The zero-order valence-electron chi connectivity index (χ0n) is 10.9. The molecular formula is C14H22N2O. The average Bonchev–Trinajstić information content (AvgIpc) is 3.19. The Morgan fingerprint density at radius 1 is 1.41 bits per heavy atom. The van der Waals surface area contributed by atoms with Crippen LogP contribution in [0.4, 0.5) is 0 Å². The molecule has 0 amide bonds. The molecule has 1 N–H and O–H groups in total. The number of methoxy groups -OCH3 is 1. The fourth-order valence-electron chi connectivity index (χ4n) is 1.94. The number of aromatic nitrogens is 1. The topological polar surface area (TPSA) is 34.1 Å². The molecule has 1 aromatic heterocycles. The number of nitrogens with zero attached hydrogens (tertiary/aromatic N) is 1. The third kappa shape index (κ3) is 3.43. The van der Waals surface area contributed by atoms with E-state index >= 15 is 0 Å². The Labute approximate surface area is 104 Å². The maximum atomic E-state index is 5.21. The molecule has 3 heteroatoms. The fraction of sp³-hybridized carbons (Fsp3) is 0.643. The highest BCUT2D eigenvalue weighted by Gasteiger charge is 2.22. The lowest BCUT2D eigenvalue weighted by Gasteiger charge is -2.20. The van der Waals surface area contributed by atoms with Crippen LogP contribution in [-0.2, 0) is 0 Å². The molecule has 0 radical (unpaired) electrons. The van der Waals surface area contributed by atoms with E-state index < -0.39 is 0 Å². The van der Waals surface area contributed by atoms with E-state index in [2.05, 4.69) is 30.2 Å². The highest BCUT2D eigenvalue weighted by molar-refractivity contribution is 5.26. The molecule has 2 unspecified atom stereocenters. The van der Waals surface area contributed by atoms with Gasteiger partial charge in [0.1, 0.15) is 5.75 Å². The second-order valence-corrected chi connectivity index (χ2v) is 5.11. The van der Waals surface area contributed by atoms with Crippen molar-refractivity contribution in [2.45, 2.75) is 38.6 Å². The first-order valence-electron chi connectivity index (χ1n) is 6.43. The molecule has 1 aliphatic rings. The fourth-order valence-corrected chi connectivity index (χ4v) is 1.94. The predicted octanol–water partition coefficient (Wildman–Crippen LogP) is 2.58. The molecular weight excluding hydrogens is 212 g/mol. The maximum Gasteiger partial charge on any atom is 0.137 e. The number of nitrogens with one attached hydrogen (secondary N) is 1. The minimum Gasteiger partial charge on any atom is -0.495 e. The molecule has 0 aromatic carbocycles. The third-order valence-corrected chi connectivity index (χ3v) is 3.66. The Bertz CT molecular complexity index is 363. The van der Waals surface area contributed by atoms with Gasteiger partial charge in [-0.25, -0.2) is 0 Å². The van der Waals surface area contributed by atoms with Crippen molar-refractivity contribution in [3.8, 4) is 5.75 Å². The van der Waals surface area contributed by atoms with E-state index in [1.165, 1.54) is 18.4 Å². The van der Waals surface area contributed by atoms with Crippen molar-refractivity contribution in [2.24, 2.45) is 5.92 Å². The molecule has 17 heavy (non-hydrogen) atoms. The number of rotatable bonds is 6. The first-order chi connectivity index (χ1) is 8.20. The molecule has 2 atom stereocenters. The largest absolute Gasteiger partial charge is 0.495 e. The molecule has 94 valence electrons. The molecule has 0 bridgehead atoms. The monoisotopic (exact) mass is 234 g/mol. The quantitative estimate of drug-likeness (QED) is 0.821. The lowest BCUT2D eigenvalue weighted by molar-refractivity contribution is 0.408. The number of pyridine rings is 1. The van der Waals surface area contributed by atoms with Crippen molar-refractivity contribution in [3.63, 3.8) is 0 Å². The van der Waals surface area contributed by atoms with Gasteiger partial charge in [-0.2, -0.15) is 0 Å². The summed E-state index contributed by atoms with van der Waals surface area (Å²) in [5.74, 6) is 1.96. The van der Waals surface area contributed by atoms with Gasteiger partial charge in [-0.05, 0) is 42.9 Å². The van der Waals surface area contributed by atoms with Gasteiger partial charge in [-0.1, -0.05) is 13.8 Å². The lowest BCUT2D eigenvalue weighted by atomic mass is 9.90.